The van der Waals surface area contributed by atoms with Crippen molar-refractivity contribution in [3.05, 3.63) is 24.0 Å². The highest BCUT2D eigenvalue weighted by Gasteiger charge is 2.23. The minimum absolute atomic E-state index is 0.287. The van der Waals surface area contributed by atoms with Gasteiger partial charge in [0.25, 0.3) is 0 Å². The van der Waals surface area contributed by atoms with Crippen LogP contribution in [0.2, 0.25) is 0 Å². The van der Waals surface area contributed by atoms with E-state index in [4.69, 9.17) is 4.74 Å². The largest absolute Gasteiger partial charge is 0.491 e. The summed E-state index contributed by atoms with van der Waals surface area (Å²) >= 11 is 0. The van der Waals surface area contributed by atoms with Crippen molar-refractivity contribution < 1.29 is 9.53 Å². The molecule has 1 rings (SSSR count). The van der Waals surface area contributed by atoms with Crippen molar-refractivity contribution in [2.75, 3.05) is 0 Å². The Balaban J connectivity index is 2.67. The first-order chi connectivity index (χ1) is 5.16. The molecule has 1 unspecified atom stereocenters. The molecular formula is C9H12O2. The third-order valence-corrected chi connectivity index (χ3v) is 1.68. The highest BCUT2D eigenvalue weighted by atomic mass is 16.5. The fourth-order valence-electron chi connectivity index (χ4n) is 1.14. The number of ether oxygens (including phenoxy) is 1. The van der Waals surface area contributed by atoms with Crippen molar-refractivity contribution in [3.8, 4) is 0 Å². The van der Waals surface area contributed by atoms with Crippen molar-refractivity contribution in [1.82, 2.24) is 0 Å². The molecule has 0 aromatic heterocycles. The Morgan fingerprint density at radius 3 is 2.91 bits per heavy atom. The average Bonchev–Trinajstić information content (AvgIpc) is 2.36. The maximum Gasteiger partial charge on any atom is 0.145 e. The molecule has 0 saturated heterocycles. The summed E-state index contributed by atoms with van der Waals surface area (Å²) in [6.07, 6.45) is 7.16. The Kier molecular flexibility index (Phi) is 2.13. The maximum absolute atomic E-state index is 10.3. The lowest BCUT2D eigenvalue weighted by molar-refractivity contribution is -0.105. The van der Waals surface area contributed by atoms with Gasteiger partial charge in [-0.15, -0.1) is 0 Å². The fourth-order valence-corrected chi connectivity index (χ4v) is 1.14. The van der Waals surface area contributed by atoms with Gasteiger partial charge >= 0.3 is 0 Å². The molecule has 0 N–H and O–H groups in total. The van der Waals surface area contributed by atoms with E-state index in [1.807, 2.05) is 19.1 Å². The molecule has 1 atom stereocenters. The van der Waals surface area contributed by atoms with E-state index in [1.165, 1.54) is 0 Å². The molecule has 0 fully saturated rings. The minimum atomic E-state index is -0.287. The molecule has 11 heavy (non-hydrogen) atoms. The normalized spacial score (nSPS) is 30.2. The van der Waals surface area contributed by atoms with Gasteiger partial charge in [-0.05, 0) is 31.6 Å². The van der Waals surface area contributed by atoms with E-state index in [1.54, 1.807) is 13.2 Å². The number of aldehydes is 1. The van der Waals surface area contributed by atoms with Gasteiger partial charge in [-0.2, -0.15) is 0 Å². The van der Waals surface area contributed by atoms with Crippen molar-refractivity contribution >= 4 is 6.29 Å². The van der Waals surface area contributed by atoms with Crippen LogP contribution in [0.3, 0.4) is 0 Å². The Hall–Kier alpha value is -1.05. The van der Waals surface area contributed by atoms with E-state index < -0.39 is 0 Å². The lowest BCUT2D eigenvalue weighted by Gasteiger charge is -2.19. The molecule has 0 spiro atoms. The molecule has 1 aliphatic heterocycles. The predicted octanol–water partition coefficient (Wildman–Crippen LogP) is 1.82. The first kappa shape index (κ1) is 8.05. The molecule has 0 saturated carbocycles. The predicted molar refractivity (Wildman–Crippen MR) is 43.1 cm³/mol. The van der Waals surface area contributed by atoms with Crippen LogP contribution in [-0.2, 0) is 9.53 Å². The van der Waals surface area contributed by atoms with Crippen molar-refractivity contribution in [1.29, 1.82) is 0 Å². The van der Waals surface area contributed by atoms with Crippen LogP contribution in [0, 0.1) is 0 Å². The van der Waals surface area contributed by atoms with Crippen molar-refractivity contribution in [2.24, 2.45) is 0 Å². The molecular weight excluding hydrogens is 140 g/mol. The molecule has 0 amide bonds. The summed E-state index contributed by atoms with van der Waals surface area (Å²) in [6, 6.07) is 0. The van der Waals surface area contributed by atoms with Gasteiger partial charge in [0.15, 0.2) is 0 Å². The van der Waals surface area contributed by atoms with Crippen LogP contribution in [0.4, 0.5) is 0 Å². The first-order valence-electron chi connectivity index (χ1n) is 3.64. The molecule has 60 valence electrons. The van der Waals surface area contributed by atoms with E-state index in [0.717, 1.165) is 18.3 Å². The Labute approximate surface area is 66.5 Å². The highest BCUT2D eigenvalue weighted by molar-refractivity contribution is 5.72. The molecule has 0 radical (unpaired) electrons. The molecule has 2 nitrogen and oxygen atoms in total. The first-order valence-corrected chi connectivity index (χ1v) is 3.64. The van der Waals surface area contributed by atoms with E-state index in [9.17, 15) is 4.79 Å². The minimum Gasteiger partial charge on any atom is -0.491 e. The Morgan fingerprint density at radius 2 is 2.45 bits per heavy atom. The van der Waals surface area contributed by atoms with Crippen LogP contribution < -0.4 is 0 Å². The van der Waals surface area contributed by atoms with Gasteiger partial charge in [0, 0.05) is 6.42 Å². The molecule has 0 aromatic rings. The lowest BCUT2D eigenvalue weighted by atomic mass is 10.0. The summed E-state index contributed by atoms with van der Waals surface area (Å²) < 4.78 is 5.30. The van der Waals surface area contributed by atoms with Gasteiger partial charge in [0.05, 0.1) is 6.26 Å². The summed E-state index contributed by atoms with van der Waals surface area (Å²) in [4.78, 5) is 10.3. The lowest BCUT2D eigenvalue weighted by Crippen LogP contribution is -2.19. The Bertz CT molecular complexity index is 206. The maximum atomic E-state index is 10.3. The highest BCUT2D eigenvalue weighted by Crippen LogP contribution is 2.24. The summed E-state index contributed by atoms with van der Waals surface area (Å²) in [5.41, 5.74) is 0.432. The van der Waals surface area contributed by atoms with E-state index >= 15 is 0 Å². The van der Waals surface area contributed by atoms with Crippen LogP contribution >= 0.6 is 0 Å². The van der Waals surface area contributed by atoms with E-state index in [-0.39, 0.29) is 5.60 Å². The summed E-state index contributed by atoms with van der Waals surface area (Å²) in [6.45, 7) is 3.74. The van der Waals surface area contributed by atoms with E-state index in [0.29, 0.717) is 0 Å². The monoisotopic (exact) mass is 152 g/mol. The van der Waals surface area contributed by atoms with Gasteiger partial charge in [0.2, 0.25) is 0 Å². The zero-order chi connectivity index (χ0) is 8.32. The van der Waals surface area contributed by atoms with Gasteiger partial charge < -0.3 is 4.74 Å². The number of hydrogen-bond acceptors (Lipinski definition) is 2. The molecule has 0 aromatic carbocycles. The number of hydrogen-bond donors (Lipinski definition) is 0. The van der Waals surface area contributed by atoms with Gasteiger partial charge in [-0.3, -0.25) is 4.79 Å². The third kappa shape index (κ3) is 1.93. The van der Waals surface area contributed by atoms with Gasteiger partial charge in [0.1, 0.15) is 11.9 Å². The summed E-state index contributed by atoms with van der Waals surface area (Å²) in [5.74, 6) is 0. The van der Waals surface area contributed by atoms with Crippen LogP contribution in [0.15, 0.2) is 24.0 Å². The van der Waals surface area contributed by atoms with Crippen LogP contribution in [0.1, 0.15) is 20.3 Å². The molecule has 1 aliphatic rings. The third-order valence-electron chi connectivity index (χ3n) is 1.68. The number of carbonyl (C=O) groups excluding carboxylic acids is 1. The van der Waals surface area contributed by atoms with Gasteiger partial charge in [-0.25, -0.2) is 0 Å². The number of carbonyl (C=O) groups is 1. The molecule has 2 heteroatoms. The van der Waals surface area contributed by atoms with Crippen LogP contribution in [0.5, 0.6) is 0 Å². The fraction of sp³-hybridized carbons (Fsp3) is 0.444. The summed E-state index contributed by atoms with van der Waals surface area (Å²) in [7, 11) is 0. The quantitative estimate of drug-likeness (QED) is 0.445. The van der Waals surface area contributed by atoms with Crippen LogP contribution in [0.25, 0.3) is 0 Å². The smallest absolute Gasteiger partial charge is 0.145 e. The average molecular weight is 152 g/mol. The van der Waals surface area contributed by atoms with E-state index in [2.05, 4.69) is 0 Å². The van der Waals surface area contributed by atoms with Crippen molar-refractivity contribution in [2.45, 2.75) is 25.9 Å². The molecule has 0 aliphatic carbocycles. The summed E-state index contributed by atoms with van der Waals surface area (Å²) in [5, 5.41) is 0. The Morgan fingerprint density at radius 1 is 1.73 bits per heavy atom. The number of rotatable bonds is 2. The SMILES string of the molecule is CC(C=O)=CC1(C)CC=CO1. The van der Waals surface area contributed by atoms with Crippen molar-refractivity contribution in [3.63, 3.8) is 0 Å². The van der Waals surface area contributed by atoms with Gasteiger partial charge in [-0.1, -0.05) is 0 Å². The zero-order valence-corrected chi connectivity index (χ0v) is 6.83. The second-order valence-electron chi connectivity index (χ2n) is 3.01. The standard InChI is InChI=1S/C9H12O2/c1-8(7-10)6-9(2)4-3-5-11-9/h3,5-7H,4H2,1-2H3. The number of allylic oxidation sites excluding steroid dienone is 1. The second-order valence-corrected chi connectivity index (χ2v) is 3.01. The zero-order valence-electron chi connectivity index (χ0n) is 6.83. The van der Waals surface area contributed by atoms with Crippen LogP contribution in [-0.4, -0.2) is 11.9 Å². The topological polar surface area (TPSA) is 26.3 Å². The molecule has 0 bridgehead atoms. The molecule has 1 heterocycles. The second kappa shape index (κ2) is 2.91.